The summed E-state index contributed by atoms with van der Waals surface area (Å²) < 4.78 is 0. The van der Waals surface area contributed by atoms with Gasteiger partial charge in [-0.15, -0.1) is 0 Å². The van der Waals surface area contributed by atoms with E-state index in [1.54, 1.807) is 0 Å². The highest BCUT2D eigenvalue weighted by molar-refractivity contribution is 4.54. The van der Waals surface area contributed by atoms with Crippen LogP contribution >= 0.6 is 0 Å². The third kappa shape index (κ3) is 40.4. The minimum absolute atomic E-state index is 0.704. The summed E-state index contributed by atoms with van der Waals surface area (Å²) in [6, 6.07) is 0.704. The van der Waals surface area contributed by atoms with Crippen molar-refractivity contribution in [2.45, 2.75) is 80.7 Å². The Morgan fingerprint density at radius 3 is 1.50 bits per heavy atom. The topological polar surface area (TPSA) is 12.0 Å². The van der Waals surface area contributed by atoms with Crippen LogP contribution in [0.2, 0.25) is 0 Å². The van der Waals surface area contributed by atoms with Crippen molar-refractivity contribution >= 4 is 0 Å². The Labute approximate surface area is 93.7 Å². The molecule has 1 unspecified atom stereocenters. The zero-order valence-electron chi connectivity index (χ0n) is 12.2. The summed E-state index contributed by atoms with van der Waals surface area (Å²) >= 11 is 0. The van der Waals surface area contributed by atoms with Crippen molar-refractivity contribution in [3.8, 4) is 0 Å². The average Bonchev–Trinajstić information content (AvgIpc) is 2.33. The lowest BCUT2D eigenvalue weighted by molar-refractivity contribution is 0.537. The molecular formula is C13H35N. The van der Waals surface area contributed by atoms with E-state index in [4.69, 9.17) is 0 Å². The van der Waals surface area contributed by atoms with Crippen molar-refractivity contribution in [2.24, 2.45) is 0 Å². The summed E-state index contributed by atoms with van der Waals surface area (Å²) in [7, 11) is 2.01. The van der Waals surface area contributed by atoms with Gasteiger partial charge in [-0.25, -0.2) is 0 Å². The smallest absolute Gasteiger partial charge is 0.00357 e. The molecule has 1 heteroatoms. The van der Waals surface area contributed by atoms with Gasteiger partial charge in [0.1, 0.15) is 0 Å². The molecule has 0 aliphatic rings. The van der Waals surface area contributed by atoms with Gasteiger partial charge in [-0.2, -0.15) is 0 Å². The molecule has 1 atom stereocenters. The molecule has 0 bridgehead atoms. The molecule has 0 aromatic rings. The van der Waals surface area contributed by atoms with Crippen LogP contribution in [0.4, 0.5) is 0 Å². The van der Waals surface area contributed by atoms with Gasteiger partial charge >= 0.3 is 0 Å². The summed E-state index contributed by atoms with van der Waals surface area (Å²) in [4.78, 5) is 0. The lowest BCUT2D eigenvalue weighted by Crippen LogP contribution is -2.20. The minimum Gasteiger partial charge on any atom is -0.317 e. The second kappa shape index (κ2) is 38.3. The van der Waals surface area contributed by atoms with Gasteiger partial charge in [-0.1, -0.05) is 61.3 Å². The van der Waals surface area contributed by atoms with Gasteiger partial charge in [0.05, 0.1) is 0 Å². The fourth-order valence-corrected chi connectivity index (χ4v) is 0.655. The summed E-state index contributed by atoms with van der Waals surface area (Å²) in [5, 5.41) is 3.20. The van der Waals surface area contributed by atoms with Crippen LogP contribution in [0, 0.1) is 0 Å². The van der Waals surface area contributed by atoms with E-state index in [1.165, 1.54) is 19.3 Å². The van der Waals surface area contributed by atoms with Crippen LogP contribution < -0.4 is 5.32 Å². The van der Waals surface area contributed by atoms with Gasteiger partial charge < -0.3 is 5.32 Å². The highest BCUT2D eigenvalue weighted by atomic mass is 14.8. The maximum atomic E-state index is 3.20. The van der Waals surface area contributed by atoms with Crippen molar-refractivity contribution < 1.29 is 0 Å². The van der Waals surface area contributed by atoms with E-state index in [9.17, 15) is 0 Å². The molecule has 1 N–H and O–H groups in total. The molecule has 0 aromatic heterocycles. The second-order valence-corrected chi connectivity index (χ2v) is 2.33. The highest BCUT2D eigenvalue weighted by Crippen LogP contribution is 1.97. The van der Waals surface area contributed by atoms with Gasteiger partial charge in [0.15, 0.2) is 0 Å². The van der Waals surface area contributed by atoms with Crippen LogP contribution in [0.1, 0.15) is 74.7 Å². The van der Waals surface area contributed by atoms with E-state index in [-0.39, 0.29) is 0 Å². The summed E-state index contributed by atoms with van der Waals surface area (Å²) in [5.41, 5.74) is 0. The fourth-order valence-electron chi connectivity index (χ4n) is 0.655. The Morgan fingerprint density at radius 2 is 1.29 bits per heavy atom. The quantitative estimate of drug-likeness (QED) is 0.691. The van der Waals surface area contributed by atoms with E-state index in [2.05, 4.69) is 19.2 Å². The molecule has 92 valence electrons. The van der Waals surface area contributed by atoms with Crippen LogP contribution in [-0.4, -0.2) is 13.1 Å². The number of hydrogen-bond acceptors (Lipinski definition) is 1. The maximum Gasteiger partial charge on any atom is 0.00357 e. The zero-order valence-corrected chi connectivity index (χ0v) is 12.2. The van der Waals surface area contributed by atoms with E-state index in [0.29, 0.717) is 6.04 Å². The summed E-state index contributed by atoms with van der Waals surface area (Å²) in [5.74, 6) is 0. The molecule has 0 radical (unpaired) electrons. The predicted octanol–water partition coefficient (Wildman–Crippen LogP) is 4.86. The molecule has 0 saturated carbocycles. The number of rotatable bonds is 4. The maximum absolute atomic E-state index is 3.20. The molecule has 0 saturated heterocycles. The average molecular weight is 205 g/mol. The molecular weight excluding hydrogens is 170 g/mol. The largest absolute Gasteiger partial charge is 0.317 e. The van der Waals surface area contributed by atoms with Crippen LogP contribution in [0.5, 0.6) is 0 Å². The molecule has 1 nitrogen and oxygen atoms in total. The van der Waals surface area contributed by atoms with Crippen molar-refractivity contribution in [1.82, 2.24) is 5.32 Å². The van der Waals surface area contributed by atoms with Crippen molar-refractivity contribution in [1.29, 1.82) is 0 Å². The Kier molecular flexibility index (Phi) is 64.6. The van der Waals surface area contributed by atoms with E-state index in [1.807, 2.05) is 48.6 Å². The third-order valence-corrected chi connectivity index (χ3v) is 1.48. The second-order valence-electron chi connectivity index (χ2n) is 2.33. The Bertz CT molecular complexity index is 44.5. The van der Waals surface area contributed by atoms with Crippen molar-refractivity contribution in [2.75, 3.05) is 7.05 Å². The molecule has 0 spiro atoms. The van der Waals surface area contributed by atoms with Gasteiger partial charge in [-0.3, -0.25) is 0 Å². The van der Waals surface area contributed by atoms with E-state index in [0.717, 1.165) is 0 Å². The molecule has 0 aliphatic carbocycles. The molecule has 0 aromatic carbocycles. The first kappa shape index (κ1) is 23.6. The Balaban J connectivity index is -0.0000000708. The van der Waals surface area contributed by atoms with E-state index < -0.39 is 0 Å². The number of unbranched alkanes of at least 4 members (excludes halogenated alkanes) is 1. The van der Waals surface area contributed by atoms with Crippen molar-refractivity contribution in [3.63, 3.8) is 0 Å². The van der Waals surface area contributed by atoms with E-state index >= 15 is 0 Å². The predicted molar refractivity (Wildman–Crippen MR) is 72.1 cm³/mol. The van der Waals surface area contributed by atoms with Gasteiger partial charge in [0, 0.05) is 6.04 Å². The third-order valence-electron chi connectivity index (χ3n) is 1.48. The van der Waals surface area contributed by atoms with Gasteiger partial charge in [0.2, 0.25) is 0 Å². The van der Waals surface area contributed by atoms with Crippen LogP contribution in [0.25, 0.3) is 0 Å². The first-order valence-corrected chi connectivity index (χ1v) is 6.48. The van der Waals surface area contributed by atoms with Gasteiger partial charge in [-0.05, 0) is 20.4 Å². The standard InChI is InChI=1S/C7H17N.3C2H6/c1-4-5-6-7(2)8-3;3*1-2/h7-8H,4-6H2,1-3H3;3*1-2H3. The number of nitrogens with one attached hydrogen (secondary N) is 1. The van der Waals surface area contributed by atoms with Gasteiger partial charge in [0.25, 0.3) is 0 Å². The van der Waals surface area contributed by atoms with Crippen LogP contribution in [0.3, 0.4) is 0 Å². The molecule has 0 amide bonds. The molecule has 14 heavy (non-hydrogen) atoms. The normalized spacial score (nSPS) is 9.21. The fraction of sp³-hybridized carbons (Fsp3) is 1.00. The molecule has 0 fully saturated rings. The molecule has 0 rings (SSSR count). The molecule has 0 aliphatic heterocycles. The Hall–Kier alpha value is -0.0400. The first-order valence-electron chi connectivity index (χ1n) is 6.48. The monoisotopic (exact) mass is 205 g/mol. The zero-order chi connectivity index (χ0) is 12.4. The van der Waals surface area contributed by atoms with Crippen LogP contribution in [0.15, 0.2) is 0 Å². The minimum atomic E-state index is 0.704. The van der Waals surface area contributed by atoms with Crippen LogP contribution in [-0.2, 0) is 0 Å². The van der Waals surface area contributed by atoms with Crippen molar-refractivity contribution in [3.05, 3.63) is 0 Å². The Morgan fingerprint density at radius 1 is 0.929 bits per heavy atom. The first-order chi connectivity index (χ1) is 6.81. The highest BCUT2D eigenvalue weighted by Gasteiger charge is 1.93. The number of hydrogen-bond donors (Lipinski definition) is 1. The lowest BCUT2D eigenvalue weighted by Gasteiger charge is -2.06. The lowest BCUT2D eigenvalue weighted by atomic mass is 10.1. The summed E-state index contributed by atoms with van der Waals surface area (Å²) in [6.45, 7) is 16.4. The SMILES string of the molecule is CC.CC.CC.CCCCC(C)NC. The molecule has 0 heterocycles. The summed E-state index contributed by atoms with van der Waals surface area (Å²) in [6.07, 6.45) is 3.97.